The first kappa shape index (κ1) is 29.7. The Morgan fingerprint density at radius 3 is 2.10 bits per heavy atom. The third-order valence-corrected chi connectivity index (χ3v) is 6.28. The fourth-order valence-electron chi connectivity index (χ4n) is 4.22. The summed E-state index contributed by atoms with van der Waals surface area (Å²) in [6.07, 6.45) is 3.64. The second kappa shape index (κ2) is 15.5. The van der Waals surface area contributed by atoms with Gasteiger partial charge in [-0.3, -0.25) is 0 Å². The van der Waals surface area contributed by atoms with Gasteiger partial charge in [0.2, 0.25) is 0 Å². The molecule has 0 aromatic heterocycles. The molecule has 2 atom stereocenters. The molecule has 7 heteroatoms. The van der Waals surface area contributed by atoms with Gasteiger partial charge in [0.05, 0.1) is 13.7 Å². The number of rotatable bonds is 14. The average Bonchev–Trinajstić information content (AvgIpc) is 2.95. The van der Waals surface area contributed by atoms with E-state index in [9.17, 15) is 9.59 Å². The lowest BCUT2D eigenvalue weighted by atomic mass is 9.89. The van der Waals surface area contributed by atoms with Crippen molar-refractivity contribution in [3.8, 4) is 5.75 Å². The van der Waals surface area contributed by atoms with E-state index in [0.717, 1.165) is 16.8 Å². The maximum absolute atomic E-state index is 13.6. The summed E-state index contributed by atoms with van der Waals surface area (Å²) in [5.74, 6) is -0.610. The van der Waals surface area contributed by atoms with Crippen LogP contribution in [-0.2, 0) is 32.1 Å². The van der Waals surface area contributed by atoms with Gasteiger partial charge in [0.25, 0.3) is 0 Å². The molecule has 6 nitrogen and oxygen atoms in total. The molecule has 0 radical (unpaired) electrons. The lowest BCUT2D eigenvalue weighted by molar-refractivity contribution is -0.146. The Hall–Kier alpha value is -3.84. The zero-order valence-electron chi connectivity index (χ0n) is 22.3. The molecule has 0 fully saturated rings. The highest BCUT2D eigenvalue weighted by Gasteiger charge is 2.34. The van der Waals surface area contributed by atoms with Crippen molar-refractivity contribution in [3.05, 3.63) is 119 Å². The van der Waals surface area contributed by atoms with Crippen LogP contribution in [0.15, 0.2) is 108 Å². The minimum absolute atomic E-state index is 0.163. The van der Waals surface area contributed by atoms with Crippen molar-refractivity contribution in [1.29, 1.82) is 0 Å². The van der Waals surface area contributed by atoms with Crippen LogP contribution in [0.5, 0.6) is 5.75 Å². The molecule has 0 aliphatic rings. The van der Waals surface area contributed by atoms with Gasteiger partial charge in [-0.1, -0.05) is 89.2 Å². The van der Waals surface area contributed by atoms with E-state index in [4.69, 9.17) is 14.2 Å². The van der Waals surface area contributed by atoms with E-state index in [1.807, 2.05) is 89.8 Å². The van der Waals surface area contributed by atoms with Crippen molar-refractivity contribution in [2.24, 2.45) is 5.92 Å². The number of nitrogens with zero attached hydrogens (tertiary/aromatic N) is 1. The summed E-state index contributed by atoms with van der Waals surface area (Å²) in [5.41, 5.74) is 2.70. The van der Waals surface area contributed by atoms with Crippen LogP contribution >= 0.6 is 15.9 Å². The Labute approximate surface area is 239 Å². The number of carbonyl (C=O) groups is 2. The largest absolute Gasteiger partial charge is 0.497 e. The van der Waals surface area contributed by atoms with Crippen LogP contribution in [0.1, 0.15) is 18.1 Å². The van der Waals surface area contributed by atoms with Gasteiger partial charge in [-0.05, 0) is 48.7 Å². The molecule has 0 bridgehead atoms. The molecule has 0 aliphatic heterocycles. The van der Waals surface area contributed by atoms with Gasteiger partial charge in [-0.2, -0.15) is 0 Å². The topological polar surface area (TPSA) is 65.1 Å². The zero-order chi connectivity index (χ0) is 28.0. The zero-order valence-corrected chi connectivity index (χ0v) is 23.9. The Morgan fingerprint density at radius 2 is 1.54 bits per heavy atom. The van der Waals surface area contributed by atoms with Gasteiger partial charge in [0.1, 0.15) is 18.4 Å². The molecule has 0 spiro atoms. The van der Waals surface area contributed by atoms with Crippen molar-refractivity contribution >= 4 is 33.6 Å². The fourth-order valence-corrected chi connectivity index (χ4v) is 4.49. The molecule has 0 heterocycles. The number of anilines is 1. The number of carbonyl (C=O) groups excluding carboxylic acids is 2. The molecule has 3 aromatic carbocycles. The van der Waals surface area contributed by atoms with Crippen LogP contribution in [0.4, 0.5) is 5.69 Å². The van der Waals surface area contributed by atoms with Crippen LogP contribution in [0, 0.1) is 5.92 Å². The molecule has 0 unspecified atom stereocenters. The van der Waals surface area contributed by atoms with Gasteiger partial charge >= 0.3 is 11.9 Å². The number of methoxy groups -OCH3 is 1. The molecule has 0 aliphatic carbocycles. The van der Waals surface area contributed by atoms with Crippen LogP contribution in [0.2, 0.25) is 0 Å². The summed E-state index contributed by atoms with van der Waals surface area (Å²) in [5, 5.41) is 0. The van der Waals surface area contributed by atoms with E-state index in [2.05, 4.69) is 22.5 Å². The predicted octanol–water partition coefficient (Wildman–Crippen LogP) is 6.50. The van der Waals surface area contributed by atoms with Crippen molar-refractivity contribution in [3.63, 3.8) is 0 Å². The number of hydrogen-bond acceptors (Lipinski definition) is 6. The number of benzene rings is 3. The Morgan fingerprint density at radius 1 is 0.923 bits per heavy atom. The third kappa shape index (κ3) is 9.45. The van der Waals surface area contributed by atoms with Gasteiger partial charge < -0.3 is 19.1 Å². The standard InChI is InChI=1S/C32H34BrNO5/c1-4-38-32(36)31(34(22-24(2)33)28-16-18-29(37-3)19-17-28)27(21-25-11-7-5-8-12-25)15-20-30(35)39-23-26-13-9-6-10-14-26/h5-20,27,31H,2,4,21-23H2,1,3H3/b20-15+/t27-,31-/m0/s1. The predicted molar refractivity (Wildman–Crippen MR) is 158 cm³/mol. The summed E-state index contributed by atoms with van der Waals surface area (Å²) < 4.78 is 17.0. The van der Waals surface area contributed by atoms with E-state index in [1.54, 1.807) is 20.1 Å². The van der Waals surface area contributed by atoms with Gasteiger partial charge in [0, 0.05) is 28.7 Å². The molecule has 0 amide bonds. The van der Waals surface area contributed by atoms with Crippen LogP contribution in [-0.4, -0.2) is 38.2 Å². The second-order valence-electron chi connectivity index (χ2n) is 8.85. The summed E-state index contributed by atoms with van der Waals surface area (Å²) in [7, 11) is 1.60. The first-order chi connectivity index (χ1) is 18.9. The van der Waals surface area contributed by atoms with Crippen LogP contribution in [0.3, 0.4) is 0 Å². The summed E-state index contributed by atoms with van der Waals surface area (Å²) in [4.78, 5) is 28.2. The highest BCUT2D eigenvalue weighted by Crippen LogP contribution is 2.29. The molecule has 0 saturated carbocycles. The van der Waals surface area contributed by atoms with Crippen molar-refractivity contribution < 1.29 is 23.8 Å². The van der Waals surface area contributed by atoms with E-state index in [1.165, 1.54) is 6.08 Å². The normalized spacial score (nSPS) is 12.4. The highest BCUT2D eigenvalue weighted by atomic mass is 79.9. The molecule has 3 aromatic rings. The van der Waals surface area contributed by atoms with Crippen LogP contribution < -0.4 is 9.64 Å². The lowest BCUT2D eigenvalue weighted by Gasteiger charge is -2.36. The summed E-state index contributed by atoms with van der Waals surface area (Å²) >= 11 is 3.47. The van der Waals surface area contributed by atoms with Crippen LogP contribution in [0.25, 0.3) is 0 Å². The molecule has 3 rings (SSSR count). The minimum Gasteiger partial charge on any atom is -0.497 e. The second-order valence-corrected chi connectivity index (χ2v) is 9.97. The summed E-state index contributed by atoms with van der Waals surface area (Å²) in [6.45, 7) is 6.52. The first-order valence-corrected chi connectivity index (χ1v) is 13.5. The van der Waals surface area contributed by atoms with Crippen molar-refractivity contribution in [1.82, 2.24) is 0 Å². The molecule has 0 saturated heterocycles. The third-order valence-electron chi connectivity index (χ3n) is 6.03. The number of esters is 2. The maximum Gasteiger partial charge on any atom is 0.330 e. The molecule has 204 valence electrons. The van der Waals surface area contributed by atoms with E-state index < -0.39 is 23.9 Å². The van der Waals surface area contributed by atoms with E-state index in [-0.39, 0.29) is 13.2 Å². The molecule has 0 N–H and O–H groups in total. The van der Waals surface area contributed by atoms with Crippen molar-refractivity contribution in [2.45, 2.75) is 26.0 Å². The smallest absolute Gasteiger partial charge is 0.330 e. The SMILES string of the molecule is C=C(Br)CN(c1ccc(OC)cc1)[C@H](C(=O)OCC)[C@@H](/C=C/C(=O)OCc1ccccc1)Cc1ccccc1. The van der Waals surface area contributed by atoms with E-state index in [0.29, 0.717) is 23.2 Å². The summed E-state index contributed by atoms with van der Waals surface area (Å²) in [6, 6.07) is 26.0. The fraction of sp³-hybridized carbons (Fsp3) is 0.250. The Balaban J connectivity index is 1.98. The highest BCUT2D eigenvalue weighted by molar-refractivity contribution is 9.11. The Kier molecular flexibility index (Phi) is 11.8. The number of ether oxygens (including phenoxy) is 3. The van der Waals surface area contributed by atoms with Gasteiger partial charge in [0.15, 0.2) is 0 Å². The maximum atomic E-state index is 13.6. The molecular formula is C32H34BrNO5. The molecular weight excluding hydrogens is 558 g/mol. The number of halogens is 1. The Bertz CT molecular complexity index is 1230. The first-order valence-electron chi connectivity index (χ1n) is 12.7. The van der Waals surface area contributed by atoms with Crippen molar-refractivity contribution in [2.75, 3.05) is 25.2 Å². The monoisotopic (exact) mass is 591 g/mol. The van der Waals surface area contributed by atoms with Gasteiger partial charge in [-0.25, -0.2) is 9.59 Å². The van der Waals surface area contributed by atoms with Gasteiger partial charge in [-0.15, -0.1) is 0 Å². The minimum atomic E-state index is -0.758. The average molecular weight is 593 g/mol. The molecule has 39 heavy (non-hydrogen) atoms. The quantitative estimate of drug-likeness (QED) is 0.157. The number of hydrogen-bond donors (Lipinski definition) is 0. The van der Waals surface area contributed by atoms with E-state index >= 15 is 0 Å². The lowest BCUT2D eigenvalue weighted by Crippen LogP contribution is -2.48.